The van der Waals surface area contributed by atoms with Crippen LogP contribution >= 0.6 is 24.0 Å². The number of benzene rings is 1. The van der Waals surface area contributed by atoms with Gasteiger partial charge in [-0.2, -0.15) is 0 Å². The van der Waals surface area contributed by atoms with Gasteiger partial charge in [-0.05, 0) is 37.3 Å². The van der Waals surface area contributed by atoms with Crippen molar-refractivity contribution < 1.29 is 4.74 Å². The Hall–Kier alpha value is -1.02. The first kappa shape index (κ1) is 21.3. The minimum absolute atomic E-state index is 0. The van der Waals surface area contributed by atoms with Crippen LogP contribution in [0, 0.1) is 0 Å². The number of para-hydroxylation sites is 1. The molecule has 3 rings (SSSR count). The van der Waals surface area contributed by atoms with E-state index in [9.17, 15) is 0 Å². The number of hydrogen-bond donors (Lipinski definition) is 2. The van der Waals surface area contributed by atoms with Crippen LogP contribution in [0.1, 0.15) is 37.7 Å². The van der Waals surface area contributed by atoms with E-state index < -0.39 is 0 Å². The largest absolute Gasteiger partial charge is 0.496 e. The zero-order valence-corrected chi connectivity index (χ0v) is 18.4. The Kier molecular flexibility index (Phi) is 8.98. The topological polar surface area (TPSA) is 48.9 Å². The third-order valence-corrected chi connectivity index (χ3v) is 5.50. The van der Waals surface area contributed by atoms with Crippen molar-refractivity contribution in [1.82, 2.24) is 15.5 Å². The standard InChI is InChI=1S/C20H32N4O.HI/c1-21-20(22-13-11-16-7-3-6-10-19(16)25-2)23-17-12-14-24(15-17)18-8-4-5-9-18;/h3,6-7,10,17-18H,4-5,8-9,11-15H2,1-2H3,(H2,21,22,23);1H. The molecule has 2 aliphatic rings. The lowest BCUT2D eigenvalue weighted by Gasteiger charge is -2.24. The zero-order chi connectivity index (χ0) is 17.5. The summed E-state index contributed by atoms with van der Waals surface area (Å²) >= 11 is 0. The highest BCUT2D eigenvalue weighted by Gasteiger charge is 2.30. The summed E-state index contributed by atoms with van der Waals surface area (Å²) < 4.78 is 5.42. The van der Waals surface area contributed by atoms with Crippen LogP contribution in [0.5, 0.6) is 5.75 Å². The predicted octanol–water partition coefficient (Wildman–Crippen LogP) is 3.04. The molecule has 1 saturated carbocycles. The average molecular weight is 472 g/mol. The molecule has 2 fully saturated rings. The molecular formula is C20H33IN4O. The first-order valence-electron chi connectivity index (χ1n) is 9.63. The van der Waals surface area contributed by atoms with Crippen LogP contribution in [0.3, 0.4) is 0 Å². The van der Waals surface area contributed by atoms with Gasteiger partial charge in [-0.1, -0.05) is 31.0 Å². The van der Waals surface area contributed by atoms with Crippen molar-refractivity contribution >= 4 is 29.9 Å². The summed E-state index contributed by atoms with van der Waals surface area (Å²) in [6, 6.07) is 9.53. The van der Waals surface area contributed by atoms with E-state index in [4.69, 9.17) is 4.74 Å². The lowest BCUT2D eigenvalue weighted by molar-refractivity contribution is 0.242. The Morgan fingerprint density at radius 1 is 1.23 bits per heavy atom. The fourth-order valence-corrected chi connectivity index (χ4v) is 4.12. The molecule has 0 radical (unpaired) electrons. The second-order valence-corrected chi connectivity index (χ2v) is 7.12. The maximum absolute atomic E-state index is 5.42. The molecular weight excluding hydrogens is 439 g/mol. The maximum atomic E-state index is 5.42. The summed E-state index contributed by atoms with van der Waals surface area (Å²) in [6.45, 7) is 3.22. The summed E-state index contributed by atoms with van der Waals surface area (Å²) in [6.07, 6.45) is 7.72. The van der Waals surface area contributed by atoms with Gasteiger partial charge in [0.25, 0.3) is 0 Å². The second kappa shape index (κ2) is 11.0. The second-order valence-electron chi connectivity index (χ2n) is 7.12. The first-order valence-corrected chi connectivity index (χ1v) is 9.63. The molecule has 0 spiro atoms. The molecule has 1 heterocycles. The van der Waals surface area contributed by atoms with Crippen LogP contribution in [0.25, 0.3) is 0 Å². The Balaban J connectivity index is 0.00000243. The average Bonchev–Trinajstić information content (AvgIpc) is 3.32. The van der Waals surface area contributed by atoms with E-state index in [0.717, 1.165) is 37.3 Å². The summed E-state index contributed by atoms with van der Waals surface area (Å²) in [4.78, 5) is 7.07. The van der Waals surface area contributed by atoms with E-state index in [0.29, 0.717) is 6.04 Å². The van der Waals surface area contributed by atoms with E-state index in [-0.39, 0.29) is 24.0 Å². The highest BCUT2D eigenvalue weighted by molar-refractivity contribution is 14.0. The van der Waals surface area contributed by atoms with Crippen molar-refractivity contribution in [1.29, 1.82) is 0 Å². The van der Waals surface area contributed by atoms with Gasteiger partial charge in [0.1, 0.15) is 5.75 Å². The highest BCUT2D eigenvalue weighted by atomic mass is 127. The number of likely N-dealkylation sites (tertiary alicyclic amines) is 1. The van der Waals surface area contributed by atoms with Gasteiger partial charge in [0, 0.05) is 38.8 Å². The minimum Gasteiger partial charge on any atom is -0.496 e. The molecule has 0 bridgehead atoms. The molecule has 1 aromatic carbocycles. The number of nitrogens with zero attached hydrogens (tertiary/aromatic N) is 2. The van der Waals surface area contributed by atoms with E-state index in [1.807, 2.05) is 19.2 Å². The number of hydrogen-bond acceptors (Lipinski definition) is 3. The van der Waals surface area contributed by atoms with Gasteiger partial charge < -0.3 is 15.4 Å². The van der Waals surface area contributed by atoms with Crippen molar-refractivity contribution in [2.45, 2.75) is 50.6 Å². The molecule has 6 heteroatoms. The molecule has 1 aromatic rings. The fourth-order valence-electron chi connectivity index (χ4n) is 4.12. The van der Waals surface area contributed by atoms with Gasteiger partial charge >= 0.3 is 0 Å². The van der Waals surface area contributed by atoms with Gasteiger partial charge in [0.2, 0.25) is 0 Å². The number of nitrogens with one attached hydrogen (secondary N) is 2. The zero-order valence-electron chi connectivity index (χ0n) is 16.0. The molecule has 2 N–H and O–H groups in total. The lowest BCUT2D eigenvalue weighted by Crippen LogP contribution is -2.45. The summed E-state index contributed by atoms with van der Waals surface area (Å²) in [5, 5.41) is 7.05. The fraction of sp³-hybridized carbons (Fsp3) is 0.650. The summed E-state index contributed by atoms with van der Waals surface area (Å²) in [7, 11) is 3.57. The van der Waals surface area contributed by atoms with E-state index in [1.54, 1.807) is 7.11 Å². The number of rotatable bonds is 6. The van der Waals surface area contributed by atoms with Crippen LogP contribution in [0.15, 0.2) is 29.3 Å². The normalized spacial score (nSPS) is 21.5. The van der Waals surface area contributed by atoms with Crippen molar-refractivity contribution in [3.8, 4) is 5.75 Å². The summed E-state index contributed by atoms with van der Waals surface area (Å²) in [5.74, 6) is 1.86. The number of aliphatic imine (C=N–C) groups is 1. The molecule has 5 nitrogen and oxygen atoms in total. The van der Waals surface area contributed by atoms with E-state index in [2.05, 4.69) is 32.7 Å². The number of methoxy groups -OCH3 is 1. The molecule has 1 atom stereocenters. The lowest BCUT2D eigenvalue weighted by atomic mass is 10.1. The molecule has 146 valence electrons. The van der Waals surface area contributed by atoms with Crippen LogP contribution in [-0.2, 0) is 6.42 Å². The molecule has 1 aliphatic heterocycles. The molecule has 0 amide bonds. The van der Waals surface area contributed by atoms with Gasteiger partial charge in [-0.25, -0.2) is 0 Å². The molecule has 26 heavy (non-hydrogen) atoms. The van der Waals surface area contributed by atoms with Crippen molar-refractivity contribution in [3.63, 3.8) is 0 Å². The molecule has 0 aromatic heterocycles. The summed E-state index contributed by atoms with van der Waals surface area (Å²) in [5.41, 5.74) is 1.22. The van der Waals surface area contributed by atoms with Gasteiger partial charge in [-0.3, -0.25) is 9.89 Å². The van der Waals surface area contributed by atoms with Gasteiger partial charge in [-0.15, -0.1) is 24.0 Å². The Labute approximate surface area is 175 Å². The molecule has 1 saturated heterocycles. The third-order valence-electron chi connectivity index (χ3n) is 5.50. The van der Waals surface area contributed by atoms with Crippen molar-refractivity contribution in [2.24, 2.45) is 4.99 Å². The third kappa shape index (κ3) is 5.74. The molecule has 1 unspecified atom stereocenters. The smallest absolute Gasteiger partial charge is 0.191 e. The number of halogens is 1. The van der Waals surface area contributed by atoms with Crippen LogP contribution in [0.4, 0.5) is 0 Å². The number of ether oxygens (including phenoxy) is 1. The highest BCUT2D eigenvalue weighted by Crippen LogP contribution is 2.26. The maximum Gasteiger partial charge on any atom is 0.191 e. The van der Waals surface area contributed by atoms with Crippen LogP contribution in [0.2, 0.25) is 0 Å². The van der Waals surface area contributed by atoms with Gasteiger partial charge in [0.15, 0.2) is 5.96 Å². The quantitative estimate of drug-likeness (QED) is 0.380. The number of guanidine groups is 1. The first-order chi connectivity index (χ1) is 12.3. The van der Waals surface area contributed by atoms with Crippen molar-refractivity contribution in [2.75, 3.05) is 33.8 Å². The van der Waals surface area contributed by atoms with Gasteiger partial charge in [0.05, 0.1) is 7.11 Å². The Morgan fingerprint density at radius 3 is 2.73 bits per heavy atom. The predicted molar refractivity (Wildman–Crippen MR) is 119 cm³/mol. The monoisotopic (exact) mass is 472 g/mol. The van der Waals surface area contributed by atoms with E-state index >= 15 is 0 Å². The SMILES string of the molecule is CN=C(NCCc1ccccc1OC)NC1CCN(C2CCCC2)C1.I. The van der Waals surface area contributed by atoms with Crippen LogP contribution < -0.4 is 15.4 Å². The minimum atomic E-state index is 0. The van der Waals surface area contributed by atoms with Crippen molar-refractivity contribution in [3.05, 3.63) is 29.8 Å². The Morgan fingerprint density at radius 2 is 2.00 bits per heavy atom. The van der Waals surface area contributed by atoms with E-state index in [1.165, 1.54) is 44.2 Å². The Bertz CT molecular complexity index is 575. The van der Waals surface area contributed by atoms with Crippen LogP contribution in [-0.4, -0.2) is 56.7 Å². The molecule has 1 aliphatic carbocycles.